The highest BCUT2D eigenvalue weighted by Gasteiger charge is 2.27. The van der Waals surface area contributed by atoms with Crippen LogP contribution in [0.25, 0.3) is 11.5 Å². The fraction of sp³-hybridized carbons (Fsp3) is 0.286. The molecule has 9 nitrogen and oxygen atoms in total. The minimum Gasteiger partial charge on any atom is -0.497 e. The van der Waals surface area contributed by atoms with Gasteiger partial charge in [-0.15, -0.1) is 10.2 Å². The van der Waals surface area contributed by atoms with Crippen LogP contribution in [-0.4, -0.2) is 54.8 Å². The Balaban J connectivity index is 1.35. The van der Waals surface area contributed by atoms with Crippen molar-refractivity contribution in [3.63, 3.8) is 0 Å². The number of methoxy groups -OCH3 is 1. The number of amides is 1. The molecule has 11 heteroatoms. The van der Waals surface area contributed by atoms with E-state index in [1.54, 1.807) is 43.5 Å². The fourth-order valence-corrected chi connectivity index (χ4v) is 5.38. The third kappa shape index (κ3) is 5.12. The van der Waals surface area contributed by atoms with Crippen molar-refractivity contribution in [2.24, 2.45) is 0 Å². The Morgan fingerprint density at radius 1 is 1.16 bits per heavy atom. The number of nitrogens with one attached hydrogen (secondary N) is 1. The maximum atomic E-state index is 12.7. The topological polar surface area (TPSA) is 115 Å². The normalized spacial score (nSPS) is 14.4. The molecule has 0 bridgehead atoms. The number of nitrogens with zero attached hydrogens (tertiary/aromatic N) is 3. The highest BCUT2D eigenvalue weighted by Crippen LogP contribution is 2.26. The van der Waals surface area contributed by atoms with Crippen LogP contribution >= 0.6 is 11.8 Å². The van der Waals surface area contributed by atoms with E-state index in [-0.39, 0.29) is 21.8 Å². The van der Waals surface area contributed by atoms with Gasteiger partial charge in [0.15, 0.2) is 0 Å². The largest absolute Gasteiger partial charge is 0.497 e. The first kappa shape index (κ1) is 22.3. The van der Waals surface area contributed by atoms with Gasteiger partial charge in [0.05, 0.1) is 17.8 Å². The lowest BCUT2D eigenvalue weighted by Crippen LogP contribution is -2.28. The standard InChI is InChI=1S/C21H22N4O5S2/c1-29-17-9-7-15(8-10-17)20-23-24-21(30-20)31-14-19(26)22-16-5-4-6-18(13-16)32(27,28)25-11-2-3-12-25/h4-10,13H,2-3,11-12,14H2,1H3,(H,22,26). The zero-order valence-electron chi connectivity index (χ0n) is 17.4. The molecule has 2 aromatic carbocycles. The first-order valence-electron chi connectivity index (χ1n) is 9.96. The molecular formula is C21H22N4O5S2. The SMILES string of the molecule is COc1ccc(-c2nnc(SCC(=O)Nc3cccc(S(=O)(=O)N4CCCC4)c3)o2)cc1. The van der Waals surface area contributed by atoms with Crippen LogP contribution in [0, 0.1) is 0 Å². The molecule has 0 saturated carbocycles. The number of carbonyl (C=O) groups is 1. The lowest BCUT2D eigenvalue weighted by Gasteiger charge is -2.16. The Labute approximate surface area is 190 Å². The summed E-state index contributed by atoms with van der Waals surface area (Å²) in [6.07, 6.45) is 1.73. The Morgan fingerprint density at radius 2 is 1.91 bits per heavy atom. The van der Waals surface area contributed by atoms with Crippen LogP contribution in [-0.2, 0) is 14.8 Å². The van der Waals surface area contributed by atoms with Crippen LogP contribution in [0.1, 0.15) is 12.8 Å². The molecule has 1 fully saturated rings. The number of rotatable bonds is 8. The molecule has 0 radical (unpaired) electrons. The van der Waals surface area contributed by atoms with Crippen molar-refractivity contribution < 1.29 is 22.4 Å². The van der Waals surface area contributed by atoms with Crippen LogP contribution in [0.2, 0.25) is 0 Å². The summed E-state index contributed by atoms with van der Waals surface area (Å²) < 4.78 is 37.6. The molecule has 3 aromatic rings. The van der Waals surface area contributed by atoms with Gasteiger partial charge in [-0.3, -0.25) is 4.79 Å². The number of hydrogen-bond acceptors (Lipinski definition) is 8. The van der Waals surface area contributed by atoms with Crippen LogP contribution < -0.4 is 10.1 Å². The average molecular weight is 475 g/mol. The van der Waals surface area contributed by atoms with E-state index in [1.165, 1.54) is 16.4 Å². The van der Waals surface area contributed by atoms with Gasteiger partial charge in [0.1, 0.15) is 5.75 Å². The fourth-order valence-electron chi connectivity index (χ4n) is 3.25. The van der Waals surface area contributed by atoms with E-state index < -0.39 is 10.0 Å². The van der Waals surface area contributed by atoms with Crippen molar-refractivity contribution in [1.29, 1.82) is 0 Å². The van der Waals surface area contributed by atoms with E-state index in [1.807, 2.05) is 0 Å². The second-order valence-electron chi connectivity index (χ2n) is 7.08. The highest BCUT2D eigenvalue weighted by atomic mass is 32.2. The number of ether oxygens (including phenoxy) is 1. The second-order valence-corrected chi connectivity index (χ2v) is 9.94. The molecule has 0 spiro atoms. The molecule has 168 valence electrons. The summed E-state index contributed by atoms with van der Waals surface area (Å²) in [5.41, 5.74) is 1.16. The molecular weight excluding hydrogens is 452 g/mol. The lowest BCUT2D eigenvalue weighted by atomic mass is 10.2. The van der Waals surface area contributed by atoms with E-state index in [2.05, 4.69) is 15.5 Å². The molecule has 1 saturated heterocycles. The summed E-state index contributed by atoms with van der Waals surface area (Å²) in [7, 11) is -1.96. The van der Waals surface area contributed by atoms with Crippen molar-refractivity contribution >= 4 is 33.4 Å². The predicted molar refractivity (Wildman–Crippen MR) is 120 cm³/mol. The third-order valence-electron chi connectivity index (χ3n) is 4.89. The zero-order valence-corrected chi connectivity index (χ0v) is 19.0. The maximum absolute atomic E-state index is 12.7. The molecule has 2 heterocycles. The Kier molecular flexibility index (Phi) is 6.77. The average Bonchev–Trinajstić information content (AvgIpc) is 3.51. The summed E-state index contributed by atoms with van der Waals surface area (Å²) >= 11 is 1.10. The van der Waals surface area contributed by atoms with Crippen molar-refractivity contribution in [1.82, 2.24) is 14.5 Å². The van der Waals surface area contributed by atoms with E-state index >= 15 is 0 Å². The molecule has 0 aliphatic carbocycles. The van der Waals surface area contributed by atoms with Gasteiger partial charge in [-0.25, -0.2) is 8.42 Å². The number of sulfonamides is 1. The minimum atomic E-state index is -3.54. The minimum absolute atomic E-state index is 0.0351. The second kappa shape index (κ2) is 9.72. The zero-order chi connectivity index (χ0) is 22.6. The molecule has 32 heavy (non-hydrogen) atoms. The van der Waals surface area contributed by atoms with Crippen molar-refractivity contribution in [3.8, 4) is 17.2 Å². The molecule has 0 unspecified atom stereocenters. The van der Waals surface area contributed by atoms with Crippen LogP contribution in [0.15, 0.2) is 63.1 Å². The number of thioether (sulfide) groups is 1. The summed E-state index contributed by atoms with van der Waals surface area (Å²) in [6, 6.07) is 13.5. The number of carbonyl (C=O) groups excluding carboxylic acids is 1. The van der Waals surface area contributed by atoms with E-state index in [0.717, 1.165) is 35.9 Å². The molecule has 1 aliphatic heterocycles. The van der Waals surface area contributed by atoms with Gasteiger partial charge in [-0.1, -0.05) is 17.8 Å². The van der Waals surface area contributed by atoms with Crippen molar-refractivity contribution in [2.75, 3.05) is 31.3 Å². The quantitative estimate of drug-likeness (QED) is 0.495. The van der Waals surface area contributed by atoms with Gasteiger partial charge in [0.25, 0.3) is 5.22 Å². The van der Waals surface area contributed by atoms with E-state index in [4.69, 9.17) is 9.15 Å². The van der Waals surface area contributed by atoms with E-state index in [0.29, 0.717) is 24.7 Å². The molecule has 1 amide bonds. The van der Waals surface area contributed by atoms with Gasteiger partial charge in [-0.2, -0.15) is 4.31 Å². The number of hydrogen-bond donors (Lipinski definition) is 1. The van der Waals surface area contributed by atoms with Gasteiger partial charge in [0, 0.05) is 24.3 Å². The molecule has 0 atom stereocenters. The molecule has 1 N–H and O–H groups in total. The van der Waals surface area contributed by atoms with E-state index in [9.17, 15) is 13.2 Å². The smallest absolute Gasteiger partial charge is 0.277 e. The number of anilines is 1. The molecule has 1 aliphatic rings. The van der Waals surface area contributed by atoms with Crippen LogP contribution in [0.3, 0.4) is 0 Å². The van der Waals surface area contributed by atoms with Crippen LogP contribution in [0.4, 0.5) is 5.69 Å². The highest BCUT2D eigenvalue weighted by molar-refractivity contribution is 7.99. The van der Waals surface area contributed by atoms with Gasteiger partial charge < -0.3 is 14.5 Å². The lowest BCUT2D eigenvalue weighted by molar-refractivity contribution is -0.113. The maximum Gasteiger partial charge on any atom is 0.277 e. The van der Waals surface area contributed by atoms with Gasteiger partial charge >= 0.3 is 0 Å². The summed E-state index contributed by atoms with van der Waals surface area (Å²) in [6.45, 7) is 1.05. The predicted octanol–water partition coefficient (Wildman–Crippen LogP) is 3.26. The Bertz CT molecular complexity index is 1190. The van der Waals surface area contributed by atoms with Crippen molar-refractivity contribution in [3.05, 3.63) is 48.5 Å². The summed E-state index contributed by atoms with van der Waals surface area (Å²) in [5.74, 6) is 0.787. The van der Waals surface area contributed by atoms with Gasteiger partial charge in [-0.05, 0) is 55.3 Å². The number of aromatic nitrogens is 2. The Hall–Kier alpha value is -2.89. The van der Waals surface area contributed by atoms with Crippen molar-refractivity contribution in [2.45, 2.75) is 23.0 Å². The first-order chi connectivity index (χ1) is 15.5. The summed E-state index contributed by atoms with van der Waals surface area (Å²) in [5, 5.41) is 10.9. The van der Waals surface area contributed by atoms with Gasteiger partial charge in [0.2, 0.25) is 21.8 Å². The molecule has 4 rings (SSSR count). The van der Waals surface area contributed by atoms with Crippen LogP contribution in [0.5, 0.6) is 5.75 Å². The Morgan fingerprint density at radius 3 is 2.62 bits per heavy atom. The molecule has 1 aromatic heterocycles. The monoisotopic (exact) mass is 474 g/mol. The summed E-state index contributed by atoms with van der Waals surface area (Å²) in [4.78, 5) is 12.5. The number of benzene rings is 2. The third-order valence-corrected chi connectivity index (χ3v) is 7.60. The first-order valence-corrected chi connectivity index (χ1v) is 12.4.